The van der Waals surface area contributed by atoms with Gasteiger partial charge in [-0.3, -0.25) is 23.5 Å². The molecule has 0 aromatic carbocycles. The minimum absolute atomic E-state index is 0.0170. The van der Waals surface area contributed by atoms with Crippen LogP contribution in [-0.4, -0.2) is 59.7 Å². The summed E-state index contributed by atoms with van der Waals surface area (Å²) in [5, 5.41) is 19.6. The van der Waals surface area contributed by atoms with Crippen LogP contribution in [0.15, 0.2) is 46.8 Å². The SMILES string of the molecule is CC1=CCC[C@H]2[C@](C)(CC3=CC(=O)C=C(n4cnc5c(ncn5[C@H]5C[C@H](O)[C@@H](CO)O5)c4=O)C3=O)[C@@H](C)CC[C@]12C. The molecule has 7 atom stereocenters. The molecule has 0 spiro atoms. The van der Waals surface area contributed by atoms with Gasteiger partial charge in [0.15, 0.2) is 16.9 Å². The fraction of sp³-hybridized carbons (Fsp3) is 0.581. The number of aliphatic hydroxyl groups is 2. The van der Waals surface area contributed by atoms with Gasteiger partial charge in [-0.15, -0.1) is 0 Å². The van der Waals surface area contributed by atoms with E-state index in [1.54, 1.807) is 0 Å². The third-order valence-electron chi connectivity index (χ3n) is 10.7. The first kappa shape index (κ1) is 27.9. The van der Waals surface area contributed by atoms with Crippen molar-refractivity contribution in [2.24, 2.45) is 22.7 Å². The number of fused-ring (bicyclic) bond motifs is 2. The fourth-order valence-corrected chi connectivity index (χ4v) is 7.92. The summed E-state index contributed by atoms with van der Waals surface area (Å²) in [6, 6.07) is 0. The normalized spacial score (nSPS) is 35.8. The zero-order valence-corrected chi connectivity index (χ0v) is 24.0. The molecule has 2 N–H and O–H groups in total. The van der Waals surface area contributed by atoms with Gasteiger partial charge >= 0.3 is 0 Å². The molecule has 6 rings (SSSR count). The zero-order valence-electron chi connectivity index (χ0n) is 24.0. The van der Waals surface area contributed by atoms with E-state index in [1.165, 1.54) is 34.9 Å². The van der Waals surface area contributed by atoms with Gasteiger partial charge in [0.2, 0.25) is 5.78 Å². The molecule has 10 nitrogen and oxygen atoms in total. The van der Waals surface area contributed by atoms with Gasteiger partial charge in [-0.2, -0.15) is 0 Å². The number of allylic oxidation sites excluding steroid dienone is 6. The number of ketones is 2. The molecule has 0 amide bonds. The molecule has 1 saturated carbocycles. The van der Waals surface area contributed by atoms with Crippen LogP contribution in [0.2, 0.25) is 0 Å². The molecule has 2 aromatic heterocycles. The van der Waals surface area contributed by atoms with E-state index in [0.29, 0.717) is 23.8 Å². The van der Waals surface area contributed by atoms with Gasteiger partial charge < -0.3 is 14.9 Å². The van der Waals surface area contributed by atoms with Gasteiger partial charge in [0.25, 0.3) is 5.56 Å². The van der Waals surface area contributed by atoms with Crippen LogP contribution in [0.4, 0.5) is 0 Å². The van der Waals surface area contributed by atoms with E-state index in [9.17, 15) is 24.6 Å². The van der Waals surface area contributed by atoms with Gasteiger partial charge in [-0.1, -0.05) is 32.4 Å². The van der Waals surface area contributed by atoms with Crippen molar-refractivity contribution in [3.8, 4) is 0 Å². The summed E-state index contributed by atoms with van der Waals surface area (Å²) < 4.78 is 8.35. The number of aliphatic hydroxyl groups excluding tert-OH is 2. The number of imidazole rings is 1. The highest BCUT2D eigenvalue weighted by Crippen LogP contribution is 2.62. The van der Waals surface area contributed by atoms with Crippen molar-refractivity contribution in [1.82, 2.24) is 19.1 Å². The van der Waals surface area contributed by atoms with Crippen LogP contribution in [0.25, 0.3) is 16.9 Å². The Labute approximate surface area is 238 Å². The molecule has 218 valence electrons. The lowest BCUT2D eigenvalue weighted by Crippen LogP contribution is -2.50. The van der Waals surface area contributed by atoms with E-state index in [-0.39, 0.29) is 52.3 Å². The predicted molar refractivity (Wildman–Crippen MR) is 151 cm³/mol. The van der Waals surface area contributed by atoms with E-state index in [2.05, 4.69) is 43.7 Å². The molecule has 2 fully saturated rings. The van der Waals surface area contributed by atoms with Crippen molar-refractivity contribution in [1.29, 1.82) is 0 Å². The van der Waals surface area contributed by atoms with Gasteiger partial charge in [0.05, 0.1) is 19.0 Å². The largest absolute Gasteiger partial charge is 0.394 e. The quantitative estimate of drug-likeness (QED) is 0.418. The molecule has 1 aliphatic heterocycles. The van der Waals surface area contributed by atoms with Crippen LogP contribution in [0.3, 0.4) is 0 Å². The van der Waals surface area contributed by atoms with Crippen LogP contribution >= 0.6 is 0 Å². The molecule has 10 heteroatoms. The fourth-order valence-electron chi connectivity index (χ4n) is 7.92. The summed E-state index contributed by atoms with van der Waals surface area (Å²) in [6.07, 6.45) is 10.3. The molecule has 0 radical (unpaired) electrons. The van der Waals surface area contributed by atoms with E-state index in [4.69, 9.17) is 4.74 Å². The minimum atomic E-state index is -0.857. The average molecular weight is 563 g/mol. The highest BCUT2D eigenvalue weighted by molar-refractivity contribution is 6.32. The summed E-state index contributed by atoms with van der Waals surface area (Å²) in [7, 11) is 0. The molecule has 0 unspecified atom stereocenters. The highest BCUT2D eigenvalue weighted by Gasteiger charge is 2.54. The number of rotatable bonds is 5. The molecular weight excluding hydrogens is 524 g/mol. The lowest BCUT2D eigenvalue weighted by molar-refractivity contribution is -0.115. The molecular formula is C31H38N4O6. The van der Waals surface area contributed by atoms with Crippen LogP contribution < -0.4 is 5.56 Å². The molecule has 4 aliphatic rings. The third kappa shape index (κ3) is 4.30. The Hall–Kier alpha value is -3.21. The summed E-state index contributed by atoms with van der Waals surface area (Å²) in [5.74, 6) is 0.0820. The molecule has 1 saturated heterocycles. The predicted octanol–water partition coefficient (Wildman–Crippen LogP) is 3.34. The Kier molecular flexibility index (Phi) is 6.79. The maximum atomic E-state index is 13.9. The van der Waals surface area contributed by atoms with Crippen molar-refractivity contribution >= 4 is 28.4 Å². The molecule has 3 heterocycles. The minimum Gasteiger partial charge on any atom is -0.394 e. The van der Waals surface area contributed by atoms with Gasteiger partial charge in [0.1, 0.15) is 24.4 Å². The van der Waals surface area contributed by atoms with Gasteiger partial charge in [0, 0.05) is 18.1 Å². The summed E-state index contributed by atoms with van der Waals surface area (Å²) in [5.41, 5.74) is 1.39. The maximum Gasteiger partial charge on any atom is 0.286 e. The first-order valence-electron chi connectivity index (χ1n) is 14.5. The van der Waals surface area contributed by atoms with Crippen molar-refractivity contribution in [2.75, 3.05) is 6.61 Å². The molecule has 0 bridgehead atoms. The summed E-state index contributed by atoms with van der Waals surface area (Å²) >= 11 is 0. The molecule has 41 heavy (non-hydrogen) atoms. The van der Waals surface area contributed by atoms with Crippen molar-refractivity contribution in [3.05, 3.63) is 52.4 Å². The lowest BCUT2D eigenvalue weighted by atomic mass is 9.46. The maximum absolute atomic E-state index is 13.9. The van der Waals surface area contributed by atoms with Crippen LogP contribution in [-0.2, 0) is 14.3 Å². The van der Waals surface area contributed by atoms with Crippen molar-refractivity contribution in [3.63, 3.8) is 0 Å². The van der Waals surface area contributed by atoms with E-state index >= 15 is 0 Å². The second kappa shape index (κ2) is 9.96. The third-order valence-corrected chi connectivity index (χ3v) is 10.7. The first-order valence-corrected chi connectivity index (χ1v) is 14.5. The second-order valence-electron chi connectivity index (χ2n) is 12.8. The Morgan fingerprint density at radius 2 is 1.90 bits per heavy atom. The van der Waals surface area contributed by atoms with E-state index in [1.807, 2.05) is 0 Å². The first-order chi connectivity index (χ1) is 19.5. The topological polar surface area (TPSA) is 137 Å². The van der Waals surface area contributed by atoms with Gasteiger partial charge in [-0.05, 0) is 67.8 Å². The summed E-state index contributed by atoms with van der Waals surface area (Å²) in [4.78, 5) is 49.1. The standard InChI is InChI=1S/C31H38N4O6/c1-17-6-5-7-24-30(17,3)9-8-18(2)31(24,4)13-19-10-20(37)11-21(27(19)39)34-16-33-28-26(29(34)40)32-15-35(28)25-12-22(38)23(14-36)41-25/h6,10-11,15-16,18,22-25,36,38H,5,7-9,12-14H2,1-4H3/t18-,22-,23+,24+,25+,30+,31+/m0/s1. The average Bonchev–Trinajstić information content (AvgIpc) is 3.54. The number of carbonyl (C=O) groups is 2. The van der Waals surface area contributed by atoms with E-state index in [0.717, 1.165) is 30.3 Å². The van der Waals surface area contributed by atoms with Crippen LogP contribution in [0.1, 0.15) is 72.4 Å². The number of nitrogens with zero attached hydrogens (tertiary/aromatic N) is 4. The van der Waals surface area contributed by atoms with Gasteiger partial charge in [-0.25, -0.2) is 9.97 Å². The molecule has 3 aliphatic carbocycles. The van der Waals surface area contributed by atoms with Crippen molar-refractivity contribution in [2.45, 2.75) is 84.7 Å². The number of aromatic nitrogens is 4. The number of carbonyl (C=O) groups excluding carboxylic acids is 2. The number of hydrogen-bond donors (Lipinski definition) is 2. The Morgan fingerprint density at radius 1 is 1.12 bits per heavy atom. The Morgan fingerprint density at radius 3 is 2.63 bits per heavy atom. The number of hydrogen-bond acceptors (Lipinski definition) is 8. The van der Waals surface area contributed by atoms with Crippen molar-refractivity contribution < 1.29 is 24.5 Å². The molecule has 2 aromatic rings. The zero-order chi connectivity index (χ0) is 29.3. The van der Waals surface area contributed by atoms with Crippen LogP contribution in [0, 0.1) is 22.7 Å². The Balaban J connectivity index is 1.31. The monoisotopic (exact) mass is 562 g/mol. The highest BCUT2D eigenvalue weighted by atomic mass is 16.5. The second-order valence-corrected chi connectivity index (χ2v) is 12.8. The van der Waals surface area contributed by atoms with Crippen LogP contribution in [0.5, 0.6) is 0 Å². The number of ether oxygens (including phenoxy) is 1. The smallest absolute Gasteiger partial charge is 0.286 e. The lowest BCUT2D eigenvalue weighted by Gasteiger charge is -2.58. The summed E-state index contributed by atoms with van der Waals surface area (Å²) in [6.45, 7) is 8.76. The number of Topliss-reactive ketones (excluding diaryl/α,β-unsaturated/α-hetero) is 1. The Bertz CT molecular complexity index is 1580. The van der Waals surface area contributed by atoms with E-state index < -0.39 is 24.0 Å².